The SMILES string of the molecule is CC(C)Cc1cc(C(=O)NCc2cnn(Cc3ccccc3)c2)n[nH]1. The van der Waals surface area contributed by atoms with Crippen molar-refractivity contribution in [2.24, 2.45) is 5.92 Å². The van der Waals surface area contributed by atoms with Crippen LogP contribution < -0.4 is 5.32 Å². The van der Waals surface area contributed by atoms with E-state index in [1.165, 1.54) is 5.56 Å². The van der Waals surface area contributed by atoms with Crippen LogP contribution in [0.15, 0.2) is 48.8 Å². The van der Waals surface area contributed by atoms with Gasteiger partial charge in [-0.1, -0.05) is 44.2 Å². The first-order valence-corrected chi connectivity index (χ1v) is 8.48. The van der Waals surface area contributed by atoms with Gasteiger partial charge in [-0.2, -0.15) is 10.2 Å². The number of benzene rings is 1. The van der Waals surface area contributed by atoms with E-state index < -0.39 is 0 Å². The van der Waals surface area contributed by atoms with Gasteiger partial charge < -0.3 is 5.32 Å². The van der Waals surface area contributed by atoms with Gasteiger partial charge in [-0.15, -0.1) is 0 Å². The van der Waals surface area contributed by atoms with E-state index in [1.54, 1.807) is 6.20 Å². The lowest BCUT2D eigenvalue weighted by Gasteiger charge is -2.02. The number of carbonyl (C=O) groups is 1. The summed E-state index contributed by atoms with van der Waals surface area (Å²) in [5.74, 6) is 0.342. The molecule has 0 saturated carbocycles. The van der Waals surface area contributed by atoms with Gasteiger partial charge in [0.15, 0.2) is 0 Å². The Bertz CT molecular complexity index is 819. The molecule has 25 heavy (non-hydrogen) atoms. The second-order valence-corrected chi connectivity index (χ2v) is 6.59. The molecule has 0 aliphatic carbocycles. The molecule has 0 aliphatic rings. The molecule has 1 aromatic carbocycles. The highest BCUT2D eigenvalue weighted by Crippen LogP contribution is 2.07. The van der Waals surface area contributed by atoms with E-state index in [2.05, 4.69) is 46.6 Å². The van der Waals surface area contributed by atoms with Gasteiger partial charge >= 0.3 is 0 Å². The molecule has 1 amide bonds. The molecule has 0 unspecified atom stereocenters. The number of rotatable bonds is 7. The average molecular weight is 337 g/mol. The van der Waals surface area contributed by atoms with Crippen LogP contribution in [0.4, 0.5) is 0 Å². The monoisotopic (exact) mass is 337 g/mol. The van der Waals surface area contributed by atoms with E-state index in [0.717, 1.165) is 17.7 Å². The Hall–Kier alpha value is -2.89. The summed E-state index contributed by atoms with van der Waals surface area (Å²) >= 11 is 0. The van der Waals surface area contributed by atoms with Gasteiger partial charge in [0.25, 0.3) is 5.91 Å². The highest BCUT2D eigenvalue weighted by Gasteiger charge is 2.11. The zero-order valence-corrected chi connectivity index (χ0v) is 14.6. The molecule has 2 aromatic heterocycles. The Labute approximate surface area is 147 Å². The first-order chi connectivity index (χ1) is 12.1. The first kappa shape index (κ1) is 17.0. The number of H-pyrrole nitrogens is 1. The summed E-state index contributed by atoms with van der Waals surface area (Å²) in [6, 6.07) is 12.0. The number of aromatic amines is 1. The Morgan fingerprint density at radius 3 is 2.80 bits per heavy atom. The number of aromatic nitrogens is 4. The minimum atomic E-state index is -0.179. The maximum atomic E-state index is 12.2. The molecule has 0 spiro atoms. The van der Waals surface area contributed by atoms with Crippen molar-refractivity contribution in [1.82, 2.24) is 25.3 Å². The van der Waals surface area contributed by atoms with Crippen molar-refractivity contribution in [3.05, 3.63) is 71.3 Å². The number of hydrogen-bond acceptors (Lipinski definition) is 3. The van der Waals surface area contributed by atoms with Crippen LogP contribution in [0.2, 0.25) is 0 Å². The van der Waals surface area contributed by atoms with Gasteiger partial charge in [0.2, 0.25) is 0 Å². The van der Waals surface area contributed by atoms with Crippen molar-refractivity contribution in [3.63, 3.8) is 0 Å². The maximum absolute atomic E-state index is 12.2. The van der Waals surface area contributed by atoms with E-state index >= 15 is 0 Å². The fourth-order valence-electron chi connectivity index (χ4n) is 2.65. The molecule has 130 valence electrons. The summed E-state index contributed by atoms with van der Waals surface area (Å²) < 4.78 is 1.87. The van der Waals surface area contributed by atoms with Gasteiger partial charge in [-0.3, -0.25) is 14.6 Å². The molecule has 6 heteroatoms. The van der Waals surface area contributed by atoms with Crippen LogP contribution in [-0.4, -0.2) is 25.9 Å². The largest absolute Gasteiger partial charge is 0.346 e. The molecule has 3 rings (SSSR count). The smallest absolute Gasteiger partial charge is 0.272 e. The van der Waals surface area contributed by atoms with Gasteiger partial charge in [-0.05, 0) is 24.0 Å². The standard InChI is InChI=1S/C19H23N5O/c1-14(2)8-17-9-18(23-22-17)19(25)20-10-16-11-21-24(13-16)12-15-6-4-3-5-7-15/h3-7,9,11,13-14H,8,10,12H2,1-2H3,(H,20,25)(H,22,23). The van der Waals surface area contributed by atoms with E-state index in [9.17, 15) is 4.79 Å². The third-order valence-corrected chi connectivity index (χ3v) is 3.82. The van der Waals surface area contributed by atoms with Crippen LogP contribution in [0.25, 0.3) is 0 Å². The number of nitrogens with one attached hydrogen (secondary N) is 2. The fraction of sp³-hybridized carbons (Fsp3) is 0.316. The van der Waals surface area contributed by atoms with Crippen LogP contribution in [0.3, 0.4) is 0 Å². The van der Waals surface area contributed by atoms with Crippen molar-refractivity contribution < 1.29 is 4.79 Å². The van der Waals surface area contributed by atoms with Crippen LogP contribution in [0.5, 0.6) is 0 Å². The molecular weight excluding hydrogens is 314 g/mol. The van der Waals surface area contributed by atoms with E-state index in [-0.39, 0.29) is 5.91 Å². The molecule has 0 saturated heterocycles. The van der Waals surface area contributed by atoms with Crippen molar-refractivity contribution in [3.8, 4) is 0 Å². The Morgan fingerprint density at radius 1 is 1.24 bits per heavy atom. The van der Waals surface area contributed by atoms with Crippen LogP contribution in [-0.2, 0) is 19.5 Å². The highest BCUT2D eigenvalue weighted by atomic mass is 16.1. The summed E-state index contributed by atoms with van der Waals surface area (Å²) in [4.78, 5) is 12.2. The van der Waals surface area contributed by atoms with Crippen molar-refractivity contribution in [1.29, 1.82) is 0 Å². The molecule has 3 aromatic rings. The van der Waals surface area contributed by atoms with Gasteiger partial charge in [0, 0.05) is 24.0 Å². The van der Waals surface area contributed by atoms with E-state index in [0.29, 0.717) is 24.7 Å². The quantitative estimate of drug-likeness (QED) is 0.696. The third kappa shape index (κ3) is 4.79. The molecule has 6 nitrogen and oxygen atoms in total. The number of hydrogen-bond donors (Lipinski definition) is 2. The molecule has 0 atom stereocenters. The van der Waals surface area contributed by atoms with E-state index in [1.807, 2.05) is 35.1 Å². The lowest BCUT2D eigenvalue weighted by molar-refractivity contribution is 0.0946. The summed E-state index contributed by atoms with van der Waals surface area (Å²) in [6.07, 6.45) is 4.60. The lowest BCUT2D eigenvalue weighted by Crippen LogP contribution is -2.22. The Morgan fingerprint density at radius 2 is 2.04 bits per heavy atom. The predicted molar refractivity (Wildman–Crippen MR) is 96.1 cm³/mol. The molecule has 0 fully saturated rings. The topological polar surface area (TPSA) is 75.6 Å². The fourth-order valence-corrected chi connectivity index (χ4v) is 2.65. The minimum absolute atomic E-state index is 0.179. The van der Waals surface area contributed by atoms with E-state index in [4.69, 9.17) is 0 Å². The maximum Gasteiger partial charge on any atom is 0.272 e. The highest BCUT2D eigenvalue weighted by molar-refractivity contribution is 5.92. The van der Waals surface area contributed by atoms with Gasteiger partial charge in [-0.25, -0.2) is 0 Å². The lowest BCUT2D eigenvalue weighted by atomic mass is 10.1. The van der Waals surface area contributed by atoms with Crippen molar-refractivity contribution in [2.75, 3.05) is 0 Å². The number of carbonyl (C=O) groups excluding carboxylic acids is 1. The Balaban J connectivity index is 1.53. The Kier molecular flexibility index (Phi) is 5.28. The summed E-state index contributed by atoms with van der Waals surface area (Å²) in [5, 5.41) is 14.2. The zero-order chi connectivity index (χ0) is 17.6. The van der Waals surface area contributed by atoms with Gasteiger partial charge in [0.1, 0.15) is 5.69 Å². The summed E-state index contributed by atoms with van der Waals surface area (Å²) in [6.45, 7) is 5.41. The molecule has 0 radical (unpaired) electrons. The second-order valence-electron chi connectivity index (χ2n) is 6.59. The van der Waals surface area contributed by atoms with Crippen LogP contribution in [0.1, 0.15) is 41.2 Å². The van der Waals surface area contributed by atoms with Gasteiger partial charge in [0.05, 0.1) is 12.7 Å². The molecular formula is C19H23N5O. The van der Waals surface area contributed by atoms with Crippen LogP contribution >= 0.6 is 0 Å². The molecule has 0 bridgehead atoms. The first-order valence-electron chi connectivity index (χ1n) is 8.48. The normalized spacial score (nSPS) is 11.0. The van der Waals surface area contributed by atoms with Crippen molar-refractivity contribution >= 4 is 5.91 Å². The predicted octanol–water partition coefficient (Wildman–Crippen LogP) is 2.78. The summed E-state index contributed by atoms with van der Waals surface area (Å²) in [5.41, 5.74) is 3.56. The third-order valence-electron chi connectivity index (χ3n) is 3.82. The number of nitrogens with zero attached hydrogens (tertiary/aromatic N) is 3. The number of amides is 1. The molecule has 2 N–H and O–H groups in total. The second kappa shape index (κ2) is 7.79. The molecule has 2 heterocycles. The minimum Gasteiger partial charge on any atom is -0.346 e. The van der Waals surface area contributed by atoms with Crippen molar-refractivity contribution in [2.45, 2.75) is 33.4 Å². The summed E-state index contributed by atoms with van der Waals surface area (Å²) in [7, 11) is 0. The zero-order valence-electron chi connectivity index (χ0n) is 14.6. The molecule has 0 aliphatic heterocycles. The van der Waals surface area contributed by atoms with Crippen LogP contribution in [0, 0.1) is 5.92 Å². The average Bonchev–Trinajstić information content (AvgIpc) is 3.23.